The van der Waals surface area contributed by atoms with Crippen molar-refractivity contribution in [1.82, 2.24) is 0 Å². The predicted octanol–water partition coefficient (Wildman–Crippen LogP) is 3.73. The van der Waals surface area contributed by atoms with Crippen LogP contribution in [0.5, 0.6) is 0 Å². The molecule has 16 heavy (non-hydrogen) atoms. The molecule has 0 fully saturated rings. The average molecular weight is 260 g/mol. The molecule has 0 unspecified atom stereocenters. The van der Waals surface area contributed by atoms with Crippen LogP contribution in [0.15, 0.2) is 29.0 Å². The third-order valence-electron chi connectivity index (χ3n) is 2.29. The first-order valence-electron chi connectivity index (χ1n) is 4.52. The summed E-state index contributed by atoms with van der Waals surface area (Å²) in [5.41, 5.74) is 6.28. The van der Waals surface area contributed by atoms with Gasteiger partial charge in [0.15, 0.2) is 0 Å². The second-order valence-corrected chi connectivity index (χ2v) is 4.48. The van der Waals surface area contributed by atoms with Gasteiger partial charge in [0.05, 0.1) is 11.1 Å². The highest BCUT2D eigenvalue weighted by molar-refractivity contribution is 7.08. The number of hydrogen-bond donors (Lipinski definition) is 1. The molecular formula is C11H8ClF2NS. The molecule has 5 heteroatoms. The van der Waals surface area contributed by atoms with Gasteiger partial charge in [0.1, 0.15) is 11.6 Å². The monoisotopic (exact) mass is 259 g/mol. The van der Waals surface area contributed by atoms with Crippen LogP contribution < -0.4 is 5.73 Å². The van der Waals surface area contributed by atoms with Crippen LogP contribution in [0.1, 0.15) is 17.2 Å². The SMILES string of the molecule is N[C@@H](c1ccsc1)c1c(F)ccc(Cl)c1F. The van der Waals surface area contributed by atoms with E-state index < -0.39 is 17.7 Å². The summed E-state index contributed by atoms with van der Waals surface area (Å²) in [6.07, 6.45) is 0. The van der Waals surface area contributed by atoms with E-state index in [-0.39, 0.29) is 10.6 Å². The van der Waals surface area contributed by atoms with Gasteiger partial charge in [0, 0.05) is 5.56 Å². The Hall–Kier alpha value is -0.970. The Morgan fingerprint density at radius 3 is 2.62 bits per heavy atom. The van der Waals surface area contributed by atoms with E-state index in [9.17, 15) is 8.78 Å². The molecule has 0 amide bonds. The maximum atomic E-state index is 13.7. The van der Waals surface area contributed by atoms with E-state index in [1.54, 1.807) is 16.8 Å². The lowest BCUT2D eigenvalue weighted by Gasteiger charge is -2.13. The molecule has 2 rings (SSSR count). The lowest BCUT2D eigenvalue weighted by molar-refractivity contribution is 0.544. The van der Waals surface area contributed by atoms with Gasteiger partial charge in [-0.1, -0.05) is 11.6 Å². The molecule has 0 bridgehead atoms. The van der Waals surface area contributed by atoms with E-state index in [0.717, 1.165) is 6.07 Å². The Morgan fingerprint density at radius 1 is 1.25 bits per heavy atom. The summed E-state index contributed by atoms with van der Waals surface area (Å²) in [4.78, 5) is 0. The van der Waals surface area contributed by atoms with Crippen LogP contribution in [-0.4, -0.2) is 0 Å². The van der Waals surface area contributed by atoms with Crippen LogP contribution in [0.25, 0.3) is 0 Å². The molecule has 0 saturated heterocycles. The van der Waals surface area contributed by atoms with Gasteiger partial charge < -0.3 is 5.73 Å². The number of thiophene rings is 1. The summed E-state index contributed by atoms with van der Waals surface area (Å²) < 4.78 is 27.2. The molecule has 1 aromatic carbocycles. The fourth-order valence-electron chi connectivity index (χ4n) is 1.45. The predicted molar refractivity (Wildman–Crippen MR) is 61.7 cm³/mol. The van der Waals surface area contributed by atoms with Crippen molar-refractivity contribution < 1.29 is 8.78 Å². The molecule has 0 aliphatic carbocycles. The van der Waals surface area contributed by atoms with Crippen molar-refractivity contribution in [3.63, 3.8) is 0 Å². The minimum Gasteiger partial charge on any atom is -0.320 e. The number of hydrogen-bond acceptors (Lipinski definition) is 2. The van der Waals surface area contributed by atoms with E-state index >= 15 is 0 Å². The van der Waals surface area contributed by atoms with Crippen molar-refractivity contribution in [2.24, 2.45) is 5.73 Å². The van der Waals surface area contributed by atoms with Gasteiger partial charge in [-0.15, -0.1) is 0 Å². The molecule has 1 aromatic heterocycles. The molecule has 0 aliphatic heterocycles. The molecule has 0 saturated carbocycles. The van der Waals surface area contributed by atoms with Gasteiger partial charge >= 0.3 is 0 Å². The summed E-state index contributed by atoms with van der Waals surface area (Å²) in [7, 11) is 0. The number of benzene rings is 1. The number of nitrogens with two attached hydrogens (primary N) is 1. The molecule has 1 heterocycles. The molecule has 0 aliphatic rings. The van der Waals surface area contributed by atoms with E-state index in [0.29, 0.717) is 5.56 Å². The summed E-state index contributed by atoms with van der Waals surface area (Å²) in [5.74, 6) is -1.47. The highest BCUT2D eigenvalue weighted by Gasteiger charge is 2.20. The molecule has 2 aromatic rings. The van der Waals surface area contributed by atoms with Crippen LogP contribution in [-0.2, 0) is 0 Å². The topological polar surface area (TPSA) is 26.0 Å². The van der Waals surface area contributed by atoms with Crippen LogP contribution in [0.3, 0.4) is 0 Å². The highest BCUT2D eigenvalue weighted by atomic mass is 35.5. The summed E-state index contributed by atoms with van der Waals surface area (Å²) >= 11 is 7.02. The third-order valence-corrected chi connectivity index (χ3v) is 3.29. The highest BCUT2D eigenvalue weighted by Crippen LogP contribution is 2.29. The maximum Gasteiger partial charge on any atom is 0.149 e. The Labute approximate surface area is 100 Å². The zero-order chi connectivity index (χ0) is 11.7. The van der Waals surface area contributed by atoms with Crippen molar-refractivity contribution >= 4 is 22.9 Å². The summed E-state index contributed by atoms with van der Waals surface area (Å²) in [5, 5.41) is 3.43. The van der Waals surface area contributed by atoms with Gasteiger partial charge in [0.2, 0.25) is 0 Å². The van der Waals surface area contributed by atoms with E-state index in [1.807, 2.05) is 0 Å². The van der Waals surface area contributed by atoms with Gasteiger partial charge in [0.25, 0.3) is 0 Å². The molecule has 0 radical (unpaired) electrons. The standard InChI is InChI=1S/C11H8ClF2NS/c12-7-1-2-8(13)9(10(7)14)11(15)6-3-4-16-5-6/h1-5,11H,15H2/t11-/m0/s1. The van der Waals surface area contributed by atoms with Gasteiger partial charge in [-0.05, 0) is 34.5 Å². The number of rotatable bonds is 2. The molecular weight excluding hydrogens is 252 g/mol. The number of halogens is 3. The molecule has 1 nitrogen and oxygen atoms in total. The Morgan fingerprint density at radius 2 is 2.00 bits per heavy atom. The maximum absolute atomic E-state index is 13.7. The zero-order valence-electron chi connectivity index (χ0n) is 8.08. The average Bonchev–Trinajstić information content (AvgIpc) is 2.77. The lowest BCUT2D eigenvalue weighted by Crippen LogP contribution is -2.15. The van der Waals surface area contributed by atoms with Crippen molar-refractivity contribution in [1.29, 1.82) is 0 Å². The van der Waals surface area contributed by atoms with Crippen molar-refractivity contribution in [3.8, 4) is 0 Å². The Bertz CT molecular complexity index is 499. The van der Waals surface area contributed by atoms with Crippen molar-refractivity contribution in [3.05, 3.63) is 56.7 Å². The van der Waals surface area contributed by atoms with E-state index in [2.05, 4.69) is 0 Å². The van der Waals surface area contributed by atoms with Crippen molar-refractivity contribution in [2.45, 2.75) is 6.04 Å². The van der Waals surface area contributed by atoms with Gasteiger partial charge in [-0.25, -0.2) is 8.78 Å². The second-order valence-electron chi connectivity index (χ2n) is 3.29. The van der Waals surface area contributed by atoms with Crippen LogP contribution in [0.2, 0.25) is 5.02 Å². The Kier molecular flexibility index (Phi) is 3.23. The fourth-order valence-corrected chi connectivity index (χ4v) is 2.31. The quantitative estimate of drug-likeness (QED) is 0.817. The van der Waals surface area contributed by atoms with Gasteiger partial charge in [-0.3, -0.25) is 0 Å². The summed E-state index contributed by atoms with van der Waals surface area (Å²) in [6.45, 7) is 0. The molecule has 0 spiro atoms. The van der Waals surface area contributed by atoms with Crippen LogP contribution >= 0.6 is 22.9 Å². The fraction of sp³-hybridized carbons (Fsp3) is 0.0909. The lowest BCUT2D eigenvalue weighted by atomic mass is 10.0. The normalized spacial score (nSPS) is 12.8. The minimum absolute atomic E-state index is 0.123. The van der Waals surface area contributed by atoms with Crippen LogP contribution in [0.4, 0.5) is 8.78 Å². The van der Waals surface area contributed by atoms with Gasteiger partial charge in [-0.2, -0.15) is 11.3 Å². The largest absolute Gasteiger partial charge is 0.320 e. The zero-order valence-corrected chi connectivity index (χ0v) is 9.66. The second kappa shape index (κ2) is 4.49. The molecule has 1 atom stereocenters. The smallest absolute Gasteiger partial charge is 0.149 e. The van der Waals surface area contributed by atoms with E-state index in [4.69, 9.17) is 17.3 Å². The van der Waals surface area contributed by atoms with Crippen molar-refractivity contribution in [2.75, 3.05) is 0 Å². The summed E-state index contributed by atoms with van der Waals surface area (Å²) in [6, 6.07) is 3.20. The molecule has 2 N–H and O–H groups in total. The van der Waals surface area contributed by atoms with E-state index in [1.165, 1.54) is 17.4 Å². The first kappa shape index (κ1) is 11.5. The third kappa shape index (κ3) is 1.96. The first-order valence-corrected chi connectivity index (χ1v) is 5.84. The first-order chi connectivity index (χ1) is 7.61. The Balaban J connectivity index is 2.52. The minimum atomic E-state index is -0.829. The molecule has 84 valence electrons. The van der Waals surface area contributed by atoms with Crippen LogP contribution in [0, 0.1) is 11.6 Å².